The zero-order chi connectivity index (χ0) is 27.0. The number of nitrogens with one attached hydrogen (secondary N) is 1. The molecule has 1 aromatic carbocycles. The Morgan fingerprint density at radius 3 is 2.63 bits per heavy atom. The summed E-state index contributed by atoms with van der Waals surface area (Å²) in [4.78, 5) is 40.9. The van der Waals surface area contributed by atoms with Crippen molar-refractivity contribution in [3.63, 3.8) is 0 Å². The zero-order valence-electron chi connectivity index (χ0n) is 21.8. The van der Waals surface area contributed by atoms with Crippen LogP contribution in [0.5, 0.6) is 5.75 Å². The highest BCUT2D eigenvalue weighted by atomic mass is 79.9. The van der Waals surface area contributed by atoms with Crippen molar-refractivity contribution in [1.29, 1.82) is 0 Å². The number of aryl methyl sites for hydroxylation is 1. The monoisotopic (exact) mass is 605 g/mol. The van der Waals surface area contributed by atoms with E-state index in [1.807, 2.05) is 31.2 Å². The molecule has 1 saturated heterocycles. The number of ether oxygens (including phenoxy) is 3. The Balaban J connectivity index is 1.67. The molecule has 1 atom stereocenters. The fourth-order valence-corrected chi connectivity index (χ4v) is 6.96. The standard InChI is InChI=1S/C27H32BrN3O6S/c1-16-22-24(33)31(27(10-11-27)14-21(32)29-2)26(34)30(25(22)38-23(16)28)15-20(37-17-8-12-36-13-9-17)18-6-4-5-7-19(18)35-3/h4-7,17,20H,8-15H2,1-3H3,(H,29,32)/t20-/m0/s1. The first-order valence-corrected chi connectivity index (χ1v) is 14.4. The molecule has 1 amide bonds. The lowest BCUT2D eigenvalue weighted by Crippen LogP contribution is -2.47. The van der Waals surface area contributed by atoms with Gasteiger partial charge < -0.3 is 19.5 Å². The van der Waals surface area contributed by atoms with Gasteiger partial charge in [-0.15, -0.1) is 11.3 Å². The van der Waals surface area contributed by atoms with Crippen LogP contribution in [0.15, 0.2) is 37.6 Å². The maximum absolute atomic E-state index is 14.2. The summed E-state index contributed by atoms with van der Waals surface area (Å²) in [5.74, 6) is 0.474. The second-order valence-electron chi connectivity index (χ2n) is 9.97. The van der Waals surface area contributed by atoms with E-state index in [0.29, 0.717) is 42.0 Å². The van der Waals surface area contributed by atoms with E-state index in [2.05, 4.69) is 21.2 Å². The molecule has 5 rings (SSSR count). The molecule has 11 heteroatoms. The minimum atomic E-state index is -0.813. The van der Waals surface area contributed by atoms with Crippen molar-refractivity contribution in [2.75, 3.05) is 27.4 Å². The van der Waals surface area contributed by atoms with E-state index in [4.69, 9.17) is 14.2 Å². The minimum absolute atomic E-state index is 0.0319. The van der Waals surface area contributed by atoms with Crippen LogP contribution in [0.25, 0.3) is 10.2 Å². The van der Waals surface area contributed by atoms with Gasteiger partial charge in [0.2, 0.25) is 5.91 Å². The Hall–Kier alpha value is -2.47. The van der Waals surface area contributed by atoms with Crippen LogP contribution in [0.4, 0.5) is 0 Å². The highest BCUT2D eigenvalue weighted by molar-refractivity contribution is 9.11. The summed E-state index contributed by atoms with van der Waals surface area (Å²) in [7, 11) is 3.18. The van der Waals surface area contributed by atoms with E-state index in [9.17, 15) is 14.4 Å². The lowest BCUT2D eigenvalue weighted by atomic mass is 10.1. The molecule has 0 radical (unpaired) electrons. The number of para-hydroxylation sites is 1. The second kappa shape index (κ2) is 11.0. The van der Waals surface area contributed by atoms with Crippen molar-refractivity contribution in [2.24, 2.45) is 0 Å². The number of hydrogen-bond acceptors (Lipinski definition) is 7. The lowest BCUT2D eigenvalue weighted by molar-refractivity contribution is -0.121. The van der Waals surface area contributed by atoms with Gasteiger partial charge in [-0.25, -0.2) is 4.79 Å². The number of rotatable bonds is 9. The van der Waals surface area contributed by atoms with Crippen LogP contribution in [-0.4, -0.2) is 48.5 Å². The predicted octanol–water partition coefficient (Wildman–Crippen LogP) is 3.87. The first kappa shape index (κ1) is 27.1. The van der Waals surface area contributed by atoms with Crippen molar-refractivity contribution in [2.45, 2.75) is 63.3 Å². The first-order chi connectivity index (χ1) is 18.3. The fraction of sp³-hybridized carbons (Fsp3) is 0.519. The smallest absolute Gasteiger partial charge is 0.332 e. The maximum atomic E-state index is 14.2. The third-order valence-electron chi connectivity index (χ3n) is 7.58. The first-order valence-electron chi connectivity index (χ1n) is 12.8. The fourth-order valence-electron chi connectivity index (χ4n) is 5.27. The Labute approximate surface area is 232 Å². The van der Waals surface area contributed by atoms with Crippen LogP contribution in [0.2, 0.25) is 0 Å². The Morgan fingerprint density at radius 1 is 1.26 bits per heavy atom. The van der Waals surface area contributed by atoms with Crippen molar-refractivity contribution < 1.29 is 19.0 Å². The molecule has 0 spiro atoms. The summed E-state index contributed by atoms with van der Waals surface area (Å²) in [5.41, 5.74) is 0.0343. The number of nitrogens with zero attached hydrogens (tertiary/aromatic N) is 2. The van der Waals surface area contributed by atoms with E-state index in [1.165, 1.54) is 15.9 Å². The van der Waals surface area contributed by atoms with Gasteiger partial charge in [-0.05, 0) is 60.2 Å². The van der Waals surface area contributed by atoms with Gasteiger partial charge in [-0.1, -0.05) is 18.2 Å². The lowest BCUT2D eigenvalue weighted by Gasteiger charge is -2.29. The average molecular weight is 607 g/mol. The molecule has 9 nitrogen and oxygen atoms in total. The van der Waals surface area contributed by atoms with E-state index in [0.717, 1.165) is 27.8 Å². The molecule has 1 aliphatic carbocycles. The van der Waals surface area contributed by atoms with Gasteiger partial charge in [0.25, 0.3) is 5.56 Å². The molecule has 204 valence electrons. The number of carbonyl (C=O) groups is 1. The summed E-state index contributed by atoms with van der Waals surface area (Å²) in [6.07, 6.45) is 2.26. The molecule has 1 aliphatic heterocycles. The summed E-state index contributed by atoms with van der Waals surface area (Å²) in [6, 6.07) is 7.65. The van der Waals surface area contributed by atoms with Gasteiger partial charge in [0.1, 0.15) is 16.7 Å². The van der Waals surface area contributed by atoms with Crippen molar-refractivity contribution >= 4 is 43.4 Å². The average Bonchev–Trinajstić information content (AvgIpc) is 3.62. The summed E-state index contributed by atoms with van der Waals surface area (Å²) < 4.78 is 21.6. The maximum Gasteiger partial charge on any atom is 0.332 e. The molecule has 2 fully saturated rings. The largest absolute Gasteiger partial charge is 0.496 e. The molecule has 0 unspecified atom stereocenters. The van der Waals surface area contributed by atoms with Crippen LogP contribution < -0.4 is 21.3 Å². The molecule has 3 heterocycles. The van der Waals surface area contributed by atoms with Gasteiger partial charge in [-0.2, -0.15) is 0 Å². The van der Waals surface area contributed by atoms with E-state index < -0.39 is 17.3 Å². The van der Waals surface area contributed by atoms with Gasteiger partial charge in [0, 0.05) is 25.8 Å². The van der Waals surface area contributed by atoms with Crippen molar-refractivity contribution in [3.05, 3.63) is 60.0 Å². The topological polar surface area (TPSA) is 101 Å². The second-order valence-corrected chi connectivity index (χ2v) is 12.3. The number of hydrogen-bond donors (Lipinski definition) is 1. The molecule has 2 aliphatic rings. The van der Waals surface area contributed by atoms with Gasteiger partial charge >= 0.3 is 5.69 Å². The van der Waals surface area contributed by atoms with Gasteiger partial charge in [0.15, 0.2) is 0 Å². The van der Waals surface area contributed by atoms with E-state index in [-0.39, 0.29) is 30.5 Å². The summed E-state index contributed by atoms with van der Waals surface area (Å²) >= 11 is 4.95. The molecular formula is C27H32BrN3O6S. The van der Waals surface area contributed by atoms with Crippen LogP contribution in [0.1, 0.15) is 49.3 Å². The third kappa shape index (κ3) is 4.97. The van der Waals surface area contributed by atoms with Crippen molar-refractivity contribution in [3.8, 4) is 5.75 Å². The number of benzene rings is 1. The Kier molecular flexibility index (Phi) is 7.82. The number of amides is 1. The number of thiophene rings is 1. The van der Waals surface area contributed by atoms with Crippen LogP contribution in [0, 0.1) is 6.92 Å². The zero-order valence-corrected chi connectivity index (χ0v) is 24.2. The predicted molar refractivity (Wildman–Crippen MR) is 149 cm³/mol. The number of methoxy groups -OCH3 is 1. The number of aromatic nitrogens is 2. The molecule has 0 bridgehead atoms. The van der Waals surface area contributed by atoms with Crippen molar-refractivity contribution in [1.82, 2.24) is 14.5 Å². The molecule has 1 saturated carbocycles. The third-order valence-corrected chi connectivity index (χ3v) is 9.77. The molecule has 38 heavy (non-hydrogen) atoms. The summed E-state index contributed by atoms with van der Waals surface area (Å²) in [5, 5.41) is 3.13. The summed E-state index contributed by atoms with van der Waals surface area (Å²) in [6.45, 7) is 3.31. The SMILES string of the molecule is CNC(=O)CC1(n2c(=O)c3c(C)c(Br)sc3n(C[C@H](OC3CCOCC3)c3ccccc3OC)c2=O)CC1. The molecule has 2 aromatic heterocycles. The number of fused-ring (bicyclic) bond motifs is 1. The minimum Gasteiger partial charge on any atom is -0.496 e. The molecule has 3 aromatic rings. The van der Waals surface area contributed by atoms with Gasteiger partial charge in [-0.3, -0.25) is 18.7 Å². The number of carbonyl (C=O) groups excluding carboxylic acids is 1. The van der Waals surface area contributed by atoms with Crippen LogP contribution >= 0.6 is 27.3 Å². The van der Waals surface area contributed by atoms with Crippen LogP contribution in [0.3, 0.4) is 0 Å². The number of halogens is 1. The highest BCUT2D eigenvalue weighted by Gasteiger charge is 2.49. The quantitative estimate of drug-likeness (QED) is 0.397. The molecular weight excluding hydrogens is 574 g/mol. The normalized spacial score (nSPS) is 17.9. The van der Waals surface area contributed by atoms with Gasteiger partial charge in [0.05, 0.1) is 40.9 Å². The Bertz CT molecular complexity index is 1470. The van der Waals surface area contributed by atoms with Crippen LogP contribution in [-0.2, 0) is 26.4 Å². The Morgan fingerprint density at radius 2 is 1.97 bits per heavy atom. The van der Waals surface area contributed by atoms with E-state index >= 15 is 0 Å². The molecule has 1 N–H and O–H groups in total. The highest BCUT2D eigenvalue weighted by Crippen LogP contribution is 2.45. The van der Waals surface area contributed by atoms with E-state index in [1.54, 1.807) is 18.7 Å².